The van der Waals surface area contributed by atoms with Crippen LogP contribution in [0.4, 0.5) is 11.4 Å². The van der Waals surface area contributed by atoms with E-state index in [2.05, 4.69) is 47.9 Å². The van der Waals surface area contributed by atoms with E-state index in [1.165, 1.54) is 50.9 Å². The van der Waals surface area contributed by atoms with Crippen LogP contribution in [0.2, 0.25) is 0 Å². The fourth-order valence-corrected chi connectivity index (χ4v) is 7.28. The number of aromatic nitrogens is 4. The Bertz CT molecular complexity index is 1750. The van der Waals surface area contributed by atoms with Gasteiger partial charge in [-0.15, -0.1) is 0 Å². The monoisotopic (exact) mass is 555 g/mol. The second kappa shape index (κ2) is 10.3. The average Bonchev–Trinajstić information content (AvgIpc) is 3.62. The molecule has 4 heterocycles. The number of fused-ring (bicyclic) bond motifs is 2. The molecule has 2 fully saturated rings. The highest BCUT2D eigenvalue weighted by molar-refractivity contribution is 7.92. The number of sulfonamides is 1. The third-order valence-electron chi connectivity index (χ3n) is 8.32. The topological polar surface area (TPSA) is 110 Å². The second-order valence-corrected chi connectivity index (χ2v) is 12.5. The summed E-state index contributed by atoms with van der Waals surface area (Å²) in [7, 11) is -3.74. The molecule has 0 unspecified atom stereocenters. The number of nitrogens with one attached hydrogen (secondary N) is 3. The van der Waals surface area contributed by atoms with Gasteiger partial charge in [-0.1, -0.05) is 36.8 Å². The smallest absolute Gasteiger partial charge is 0.261 e. The number of aromatic amines is 2. The summed E-state index contributed by atoms with van der Waals surface area (Å²) in [5.41, 5.74) is 4.73. The number of likely N-dealkylation sites (tertiary alicyclic amines) is 1. The van der Waals surface area contributed by atoms with Gasteiger partial charge in [0.05, 0.1) is 21.6 Å². The second-order valence-electron chi connectivity index (χ2n) is 10.8. The number of benzene rings is 3. The highest BCUT2D eigenvalue weighted by Crippen LogP contribution is 2.32. The van der Waals surface area contributed by atoms with Gasteiger partial charge in [0.15, 0.2) is 5.82 Å². The molecule has 7 rings (SSSR count). The van der Waals surface area contributed by atoms with E-state index in [0.717, 1.165) is 41.2 Å². The van der Waals surface area contributed by atoms with Crippen molar-refractivity contribution < 1.29 is 8.42 Å². The lowest BCUT2D eigenvalue weighted by Crippen LogP contribution is -2.46. The fourth-order valence-electron chi connectivity index (χ4n) is 6.19. The molecule has 206 valence electrons. The molecule has 5 aromatic rings. The highest BCUT2D eigenvalue weighted by atomic mass is 32.2. The van der Waals surface area contributed by atoms with Gasteiger partial charge in [-0.3, -0.25) is 9.82 Å². The van der Waals surface area contributed by atoms with Crippen molar-refractivity contribution in [2.75, 3.05) is 35.8 Å². The Morgan fingerprint density at radius 3 is 2.48 bits per heavy atom. The molecule has 3 N–H and O–H groups in total. The van der Waals surface area contributed by atoms with Crippen molar-refractivity contribution in [2.24, 2.45) is 0 Å². The van der Waals surface area contributed by atoms with Crippen LogP contribution in [0.25, 0.3) is 33.5 Å². The van der Waals surface area contributed by atoms with Crippen LogP contribution >= 0.6 is 0 Å². The van der Waals surface area contributed by atoms with E-state index >= 15 is 0 Å². The van der Waals surface area contributed by atoms with Crippen LogP contribution in [0.3, 0.4) is 0 Å². The summed E-state index contributed by atoms with van der Waals surface area (Å²) in [6.07, 6.45) is 6.49. The van der Waals surface area contributed by atoms with E-state index < -0.39 is 10.0 Å². The number of hydrogen-bond donors (Lipinski definition) is 3. The van der Waals surface area contributed by atoms with E-state index in [1.54, 1.807) is 36.4 Å². The van der Waals surface area contributed by atoms with Crippen LogP contribution in [-0.2, 0) is 10.0 Å². The molecule has 0 atom stereocenters. The molecular formula is C30H33N7O2S. The summed E-state index contributed by atoms with van der Waals surface area (Å²) in [4.78, 5) is 13.7. The molecule has 9 nitrogen and oxygen atoms in total. The Kier molecular flexibility index (Phi) is 6.44. The molecule has 2 aromatic heterocycles. The van der Waals surface area contributed by atoms with Gasteiger partial charge in [-0.25, -0.2) is 13.4 Å². The Morgan fingerprint density at radius 1 is 0.875 bits per heavy atom. The SMILES string of the molecule is O=S(=O)(Nc1cccc2c(-c3nc4ccc(N5CCC(N6CCCCC6)CC5)cc4[nH]3)[nH]nc12)c1ccccc1. The summed E-state index contributed by atoms with van der Waals surface area (Å²) in [5.74, 6) is 0.668. The lowest BCUT2D eigenvalue weighted by Gasteiger charge is -2.41. The first kappa shape index (κ1) is 25.1. The number of rotatable bonds is 6. The first-order valence-electron chi connectivity index (χ1n) is 14.1. The lowest BCUT2D eigenvalue weighted by molar-refractivity contribution is 0.141. The molecule has 2 aliphatic rings. The maximum absolute atomic E-state index is 12.9. The third-order valence-corrected chi connectivity index (χ3v) is 9.70. The minimum absolute atomic E-state index is 0.201. The van der Waals surface area contributed by atoms with Crippen LogP contribution in [0.5, 0.6) is 0 Å². The molecule has 3 aromatic carbocycles. The molecule has 0 spiro atoms. The van der Waals surface area contributed by atoms with Crippen molar-refractivity contribution in [3.63, 3.8) is 0 Å². The fraction of sp³-hybridized carbons (Fsp3) is 0.333. The van der Waals surface area contributed by atoms with Crippen LogP contribution in [0.15, 0.2) is 71.6 Å². The molecule has 2 aliphatic heterocycles. The number of nitrogens with zero attached hydrogens (tertiary/aromatic N) is 4. The van der Waals surface area contributed by atoms with Crippen molar-refractivity contribution in [1.82, 2.24) is 25.1 Å². The molecule has 10 heteroatoms. The Balaban J connectivity index is 1.12. The molecule has 0 amide bonds. The average molecular weight is 556 g/mol. The first-order valence-corrected chi connectivity index (χ1v) is 15.6. The zero-order valence-electron chi connectivity index (χ0n) is 22.3. The number of H-pyrrole nitrogens is 2. The summed E-state index contributed by atoms with van der Waals surface area (Å²) in [6, 6.07) is 20.9. The zero-order valence-corrected chi connectivity index (χ0v) is 23.1. The Morgan fingerprint density at radius 2 is 1.68 bits per heavy atom. The van der Waals surface area contributed by atoms with Gasteiger partial charge in [0, 0.05) is 30.2 Å². The summed E-state index contributed by atoms with van der Waals surface area (Å²) in [6.45, 7) is 4.66. The lowest BCUT2D eigenvalue weighted by atomic mass is 9.99. The third kappa shape index (κ3) is 4.71. The largest absolute Gasteiger partial charge is 0.371 e. The predicted octanol–water partition coefficient (Wildman–Crippen LogP) is 5.36. The van der Waals surface area contributed by atoms with Crippen molar-refractivity contribution in [3.8, 4) is 11.5 Å². The predicted molar refractivity (Wildman–Crippen MR) is 159 cm³/mol. The van der Waals surface area contributed by atoms with E-state index in [0.29, 0.717) is 17.0 Å². The quantitative estimate of drug-likeness (QED) is 0.260. The number of imidazole rings is 1. The zero-order chi connectivity index (χ0) is 27.1. The minimum Gasteiger partial charge on any atom is -0.371 e. The molecule has 0 saturated carbocycles. The Hall–Kier alpha value is -3.89. The summed E-state index contributed by atoms with van der Waals surface area (Å²) >= 11 is 0. The summed E-state index contributed by atoms with van der Waals surface area (Å²) in [5, 5.41) is 8.32. The minimum atomic E-state index is -3.74. The van der Waals surface area contributed by atoms with Gasteiger partial charge in [-0.05, 0) is 75.2 Å². The molecular weight excluding hydrogens is 522 g/mol. The van der Waals surface area contributed by atoms with E-state index in [9.17, 15) is 8.42 Å². The number of piperidine rings is 2. The van der Waals surface area contributed by atoms with Gasteiger partial charge >= 0.3 is 0 Å². The van der Waals surface area contributed by atoms with Crippen LogP contribution in [-0.4, -0.2) is 65.7 Å². The van der Waals surface area contributed by atoms with Crippen molar-refractivity contribution >= 4 is 43.3 Å². The van der Waals surface area contributed by atoms with E-state index in [1.807, 2.05) is 12.1 Å². The van der Waals surface area contributed by atoms with Crippen molar-refractivity contribution in [1.29, 1.82) is 0 Å². The van der Waals surface area contributed by atoms with Crippen LogP contribution in [0, 0.1) is 0 Å². The Labute approximate surface area is 233 Å². The van der Waals surface area contributed by atoms with E-state index in [-0.39, 0.29) is 4.90 Å². The standard InChI is InChI=1S/C30H33N7O2S/c38-40(39,23-8-3-1-4-9-23)35-26-11-7-10-24-28(26)33-34-29(24)30-31-25-13-12-22(20-27(25)32-30)37-18-14-21(15-19-37)36-16-5-2-6-17-36/h1,3-4,7-13,20-21,35H,2,5-6,14-19H2,(H,31,32)(H,33,34). The molecule has 2 saturated heterocycles. The van der Waals surface area contributed by atoms with Gasteiger partial charge < -0.3 is 14.8 Å². The summed E-state index contributed by atoms with van der Waals surface area (Å²) < 4.78 is 28.5. The number of anilines is 2. The molecule has 0 bridgehead atoms. The van der Waals surface area contributed by atoms with Gasteiger partial charge in [-0.2, -0.15) is 5.10 Å². The maximum atomic E-state index is 12.9. The normalized spacial score (nSPS) is 17.6. The van der Waals surface area contributed by atoms with Crippen molar-refractivity contribution in [3.05, 3.63) is 66.7 Å². The molecule has 0 aliphatic carbocycles. The number of hydrogen-bond acceptors (Lipinski definition) is 6. The molecule has 0 radical (unpaired) electrons. The first-order chi connectivity index (χ1) is 19.5. The van der Waals surface area contributed by atoms with Gasteiger partial charge in [0.1, 0.15) is 11.2 Å². The maximum Gasteiger partial charge on any atom is 0.261 e. The van der Waals surface area contributed by atoms with Gasteiger partial charge in [0.25, 0.3) is 10.0 Å². The molecule has 40 heavy (non-hydrogen) atoms. The number of para-hydroxylation sites is 1. The van der Waals surface area contributed by atoms with Crippen LogP contribution in [0.1, 0.15) is 32.1 Å². The van der Waals surface area contributed by atoms with Crippen molar-refractivity contribution in [2.45, 2.75) is 43.0 Å². The van der Waals surface area contributed by atoms with E-state index in [4.69, 9.17) is 4.98 Å². The van der Waals surface area contributed by atoms with Gasteiger partial charge in [0.2, 0.25) is 0 Å². The van der Waals surface area contributed by atoms with Crippen LogP contribution < -0.4 is 9.62 Å². The highest BCUT2D eigenvalue weighted by Gasteiger charge is 2.26.